The van der Waals surface area contributed by atoms with Crippen molar-refractivity contribution in [3.63, 3.8) is 0 Å². The molecule has 0 spiro atoms. The van der Waals surface area contributed by atoms with Crippen LogP contribution in [0.15, 0.2) is 21.5 Å². The van der Waals surface area contributed by atoms with Crippen molar-refractivity contribution in [2.75, 3.05) is 20.2 Å². The zero-order valence-corrected chi connectivity index (χ0v) is 13.9. The fraction of sp³-hybridized carbons (Fsp3) is 0.364. The number of benzene rings is 1. The summed E-state index contributed by atoms with van der Waals surface area (Å²) >= 11 is 9.02. The Labute approximate surface area is 130 Å². The summed E-state index contributed by atoms with van der Waals surface area (Å²) in [6.07, 6.45) is 0. The van der Waals surface area contributed by atoms with Gasteiger partial charge in [-0.05, 0) is 28.1 Å². The maximum absolute atomic E-state index is 12.5. The molecular weight excluding hydrogens is 374 g/mol. The van der Waals surface area contributed by atoms with Gasteiger partial charge < -0.3 is 9.84 Å². The van der Waals surface area contributed by atoms with Crippen LogP contribution >= 0.6 is 27.5 Å². The molecule has 0 atom stereocenters. The Bertz CT molecular complexity index is 619. The molecule has 0 aliphatic heterocycles. The summed E-state index contributed by atoms with van der Waals surface area (Å²) in [6.45, 7) is 0.931. The fourth-order valence-corrected chi connectivity index (χ4v) is 4.35. The number of aliphatic carboxylic acids is 1. The number of rotatable bonds is 6. The average molecular weight is 387 g/mol. The predicted octanol–water partition coefficient (Wildman–Crippen LogP) is 2.21. The van der Waals surface area contributed by atoms with Gasteiger partial charge in [0.25, 0.3) is 0 Å². The van der Waals surface area contributed by atoms with Crippen LogP contribution in [0.25, 0.3) is 0 Å². The zero-order chi connectivity index (χ0) is 15.5. The van der Waals surface area contributed by atoms with Gasteiger partial charge in [0.2, 0.25) is 10.0 Å². The van der Waals surface area contributed by atoms with Gasteiger partial charge in [0, 0.05) is 11.6 Å². The average Bonchev–Trinajstić information content (AvgIpc) is 2.34. The van der Waals surface area contributed by atoms with Crippen LogP contribution in [-0.2, 0) is 14.8 Å². The molecule has 0 fully saturated rings. The van der Waals surface area contributed by atoms with Crippen LogP contribution in [0.5, 0.6) is 5.75 Å². The minimum Gasteiger partial charge on any atom is -0.494 e. The van der Waals surface area contributed by atoms with Gasteiger partial charge in [0.15, 0.2) is 5.75 Å². The van der Waals surface area contributed by atoms with Crippen molar-refractivity contribution >= 4 is 43.5 Å². The summed E-state index contributed by atoms with van der Waals surface area (Å²) in [4.78, 5) is 10.6. The standard InChI is InChI=1S/C11H13BrClNO5S/c1-3-14(6-10(15)16)20(17,18)9-5-7(13)4-8(12)11(9)19-2/h4-5H,3,6H2,1-2H3,(H,15,16). The first-order valence-corrected chi connectivity index (χ1v) is 8.10. The molecule has 9 heteroatoms. The fourth-order valence-electron chi connectivity index (χ4n) is 1.58. The highest BCUT2D eigenvalue weighted by atomic mass is 79.9. The molecule has 0 bridgehead atoms. The Morgan fingerprint density at radius 2 is 2.10 bits per heavy atom. The van der Waals surface area contributed by atoms with Gasteiger partial charge in [0.05, 0.1) is 11.6 Å². The van der Waals surface area contributed by atoms with Crippen molar-refractivity contribution in [1.29, 1.82) is 0 Å². The van der Waals surface area contributed by atoms with Crippen LogP contribution in [0.2, 0.25) is 5.02 Å². The first-order chi connectivity index (χ1) is 9.23. The number of likely N-dealkylation sites (N-methyl/N-ethyl adjacent to an activating group) is 1. The van der Waals surface area contributed by atoms with Crippen LogP contribution in [0.1, 0.15) is 6.92 Å². The molecule has 1 N–H and O–H groups in total. The maximum atomic E-state index is 12.5. The van der Waals surface area contributed by atoms with E-state index in [1.54, 1.807) is 6.92 Å². The number of hydrogen-bond acceptors (Lipinski definition) is 4. The van der Waals surface area contributed by atoms with Crippen LogP contribution in [0.3, 0.4) is 0 Å². The Morgan fingerprint density at radius 1 is 1.50 bits per heavy atom. The van der Waals surface area contributed by atoms with E-state index in [1.807, 2.05) is 0 Å². The highest BCUT2D eigenvalue weighted by molar-refractivity contribution is 9.10. The molecule has 0 unspecified atom stereocenters. The second-order valence-electron chi connectivity index (χ2n) is 3.74. The predicted molar refractivity (Wildman–Crippen MR) is 77.8 cm³/mol. The lowest BCUT2D eigenvalue weighted by Gasteiger charge is -2.20. The van der Waals surface area contributed by atoms with Gasteiger partial charge in [-0.1, -0.05) is 18.5 Å². The van der Waals surface area contributed by atoms with E-state index in [4.69, 9.17) is 21.4 Å². The van der Waals surface area contributed by atoms with Crippen LogP contribution in [-0.4, -0.2) is 44.0 Å². The van der Waals surface area contributed by atoms with Crippen molar-refractivity contribution in [3.05, 3.63) is 21.6 Å². The molecule has 0 aliphatic rings. The van der Waals surface area contributed by atoms with E-state index < -0.39 is 22.5 Å². The smallest absolute Gasteiger partial charge is 0.318 e. The number of ether oxygens (including phenoxy) is 1. The highest BCUT2D eigenvalue weighted by Gasteiger charge is 2.29. The van der Waals surface area contributed by atoms with Crippen molar-refractivity contribution in [2.45, 2.75) is 11.8 Å². The summed E-state index contributed by atoms with van der Waals surface area (Å²) in [7, 11) is -2.70. The van der Waals surface area contributed by atoms with Gasteiger partial charge in [0.1, 0.15) is 11.4 Å². The molecule has 0 saturated carbocycles. The third-order valence-corrected chi connectivity index (χ3v) is 5.19. The molecule has 0 amide bonds. The number of halogens is 2. The second-order valence-corrected chi connectivity index (χ2v) is 6.94. The number of carboxylic acids is 1. The molecule has 1 aromatic carbocycles. The summed E-state index contributed by atoms with van der Waals surface area (Å²) in [5, 5.41) is 8.99. The summed E-state index contributed by atoms with van der Waals surface area (Å²) in [6, 6.07) is 2.72. The lowest BCUT2D eigenvalue weighted by molar-refractivity contribution is -0.137. The van der Waals surface area contributed by atoms with Gasteiger partial charge in [-0.2, -0.15) is 4.31 Å². The molecule has 112 valence electrons. The van der Waals surface area contributed by atoms with Crippen LogP contribution in [0, 0.1) is 0 Å². The molecule has 0 heterocycles. The Balaban J connectivity index is 3.44. The topological polar surface area (TPSA) is 83.9 Å². The number of carbonyl (C=O) groups is 1. The lowest BCUT2D eigenvalue weighted by Crippen LogP contribution is -2.35. The third-order valence-electron chi connectivity index (χ3n) is 2.46. The molecule has 0 aliphatic carbocycles. The number of carboxylic acid groups (broad SMARTS) is 1. The van der Waals surface area contributed by atoms with Gasteiger partial charge in [-0.3, -0.25) is 4.79 Å². The van der Waals surface area contributed by atoms with Crippen molar-refractivity contribution in [3.8, 4) is 5.75 Å². The van der Waals surface area contributed by atoms with Crippen molar-refractivity contribution in [1.82, 2.24) is 4.31 Å². The summed E-state index contributed by atoms with van der Waals surface area (Å²) < 4.78 is 31.2. The molecule has 0 aromatic heterocycles. The highest BCUT2D eigenvalue weighted by Crippen LogP contribution is 2.36. The molecule has 0 saturated heterocycles. The van der Waals surface area contributed by atoms with E-state index in [0.717, 1.165) is 4.31 Å². The molecule has 1 rings (SSSR count). The number of methoxy groups -OCH3 is 1. The molecule has 1 aromatic rings. The SMILES string of the molecule is CCN(CC(=O)O)S(=O)(=O)c1cc(Cl)cc(Br)c1OC. The summed E-state index contributed by atoms with van der Waals surface area (Å²) in [5.74, 6) is -1.16. The molecular formula is C11H13BrClNO5S. The van der Waals surface area contributed by atoms with Gasteiger partial charge in [-0.15, -0.1) is 0 Å². The third kappa shape index (κ3) is 3.63. The van der Waals surface area contributed by atoms with Crippen LogP contribution < -0.4 is 4.74 Å². The molecule has 20 heavy (non-hydrogen) atoms. The second kappa shape index (κ2) is 6.75. The zero-order valence-electron chi connectivity index (χ0n) is 10.8. The lowest BCUT2D eigenvalue weighted by atomic mass is 10.3. The van der Waals surface area contributed by atoms with Crippen molar-refractivity contribution < 1.29 is 23.1 Å². The quantitative estimate of drug-likeness (QED) is 0.810. The monoisotopic (exact) mass is 385 g/mol. The maximum Gasteiger partial charge on any atom is 0.318 e. The molecule has 0 radical (unpaired) electrons. The van der Waals surface area contributed by atoms with E-state index in [1.165, 1.54) is 19.2 Å². The largest absolute Gasteiger partial charge is 0.494 e. The minimum atomic E-state index is -4.02. The van der Waals surface area contributed by atoms with Gasteiger partial charge >= 0.3 is 5.97 Å². The first-order valence-electron chi connectivity index (χ1n) is 5.49. The van der Waals surface area contributed by atoms with E-state index in [0.29, 0.717) is 4.47 Å². The van der Waals surface area contributed by atoms with Gasteiger partial charge in [-0.25, -0.2) is 8.42 Å². The number of nitrogens with zero attached hydrogens (tertiary/aromatic N) is 1. The minimum absolute atomic E-state index is 0.0158. The van der Waals surface area contributed by atoms with Crippen molar-refractivity contribution in [2.24, 2.45) is 0 Å². The van der Waals surface area contributed by atoms with E-state index in [9.17, 15) is 13.2 Å². The Hall–Kier alpha value is -0.830. The van der Waals surface area contributed by atoms with E-state index in [-0.39, 0.29) is 22.2 Å². The normalized spacial score (nSPS) is 11.7. The first kappa shape index (κ1) is 17.2. The Kier molecular flexibility index (Phi) is 5.81. The van der Waals surface area contributed by atoms with Crippen LogP contribution in [0.4, 0.5) is 0 Å². The summed E-state index contributed by atoms with van der Waals surface area (Å²) in [5.41, 5.74) is 0. The Morgan fingerprint density at radius 3 is 2.55 bits per heavy atom. The van der Waals surface area contributed by atoms with E-state index in [2.05, 4.69) is 15.9 Å². The van der Waals surface area contributed by atoms with E-state index >= 15 is 0 Å². The number of hydrogen-bond donors (Lipinski definition) is 1. The number of sulfonamides is 1. The molecule has 6 nitrogen and oxygen atoms in total.